The van der Waals surface area contributed by atoms with Crippen molar-refractivity contribution >= 4 is 0 Å². The Morgan fingerprint density at radius 1 is 1.38 bits per heavy atom. The molecule has 0 bridgehead atoms. The highest BCUT2D eigenvalue weighted by atomic mass is 16.5. The molecule has 3 heterocycles. The van der Waals surface area contributed by atoms with Crippen molar-refractivity contribution in [1.82, 2.24) is 5.32 Å². The first-order valence-corrected chi connectivity index (χ1v) is 6.24. The number of hydrogen-bond donors (Lipinski definition) is 1. The van der Waals surface area contributed by atoms with E-state index in [1.165, 1.54) is 25.8 Å². The summed E-state index contributed by atoms with van der Waals surface area (Å²) in [5.41, 5.74) is 0.151. The summed E-state index contributed by atoms with van der Waals surface area (Å²) in [6, 6.07) is 4.71. The second-order valence-corrected chi connectivity index (χ2v) is 5.10. The number of hydrogen-bond acceptors (Lipinski definition) is 3. The van der Waals surface area contributed by atoms with Crippen molar-refractivity contribution in [1.29, 1.82) is 0 Å². The van der Waals surface area contributed by atoms with Gasteiger partial charge in [-0.25, -0.2) is 0 Å². The largest absolute Gasteiger partial charge is 0.469 e. The van der Waals surface area contributed by atoms with Crippen LogP contribution in [-0.2, 0) is 10.2 Å². The van der Waals surface area contributed by atoms with Crippen LogP contribution in [0.15, 0.2) is 22.8 Å². The summed E-state index contributed by atoms with van der Waals surface area (Å²) in [7, 11) is 0. The van der Waals surface area contributed by atoms with Crippen molar-refractivity contribution in [3.05, 3.63) is 24.2 Å². The van der Waals surface area contributed by atoms with Gasteiger partial charge in [-0.15, -0.1) is 0 Å². The van der Waals surface area contributed by atoms with Crippen molar-refractivity contribution in [2.75, 3.05) is 19.8 Å². The van der Waals surface area contributed by atoms with Crippen molar-refractivity contribution in [2.45, 2.75) is 37.1 Å². The standard InChI is InChI=1S/C13H19NO2/c1-2-6-14-11(4-1)8-13(9-15-10-13)12-5-3-7-16-12/h3,5,7,11,14H,1-2,4,6,8-10H2. The average Bonchev–Trinajstić information content (AvgIpc) is 2.78. The summed E-state index contributed by atoms with van der Waals surface area (Å²) >= 11 is 0. The number of rotatable bonds is 3. The van der Waals surface area contributed by atoms with E-state index in [2.05, 4.69) is 11.4 Å². The molecule has 2 saturated heterocycles. The minimum absolute atomic E-state index is 0.151. The second-order valence-electron chi connectivity index (χ2n) is 5.10. The normalized spacial score (nSPS) is 28.6. The van der Waals surface area contributed by atoms with Crippen molar-refractivity contribution in [3.63, 3.8) is 0 Å². The highest BCUT2D eigenvalue weighted by Gasteiger charge is 2.44. The van der Waals surface area contributed by atoms with Gasteiger partial charge in [0.1, 0.15) is 5.76 Å². The smallest absolute Gasteiger partial charge is 0.114 e. The molecular formula is C13H19NO2. The van der Waals surface area contributed by atoms with E-state index >= 15 is 0 Å². The molecule has 1 atom stereocenters. The van der Waals surface area contributed by atoms with Gasteiger partial charge >= 0.3 is 0 Å². The SMILES string of the molecule is c1coc(C2(CC3CCCCN3)COC2)c1. The van der Waals surface area contributed by atoms with Crippen LogP contribution in [0.4, 0.5) is 0 Å². The summed E-state index contributed by atoms with van der Waals surface area (Å²) in [5.74, 6) is 1.10. The molecular weight excluding hydrogens is 202 g/mol. The van der Waals surface area contributed by atoms with E-state index in [0.29, 0.717) is 6.04 Å². The third kappa shape index (κ3) is 1.78. The maximum absolute atomic E-state index is 5.57. The maximum Gasteiger partial charge on any atom is 0.114 e. The summed E-state index contributed by atoms with van der Waals surface area (Å²) in [5, 5.41) is 3.61. The molecule has 16 heavy (non-hydrogen) atoms. The predicted octanol–water partition coefficient (Wildman–Crippen LogP) is 2.08. The topological polar surface area (TPSA) is 34.4 Å². The quantitative estimate of drug-likeness (QED) is 0.848. The monoisotopic (exact) mass is 221 g/mol. The van der Waals surface area contributed by atoms with Crippen molar-refractivity contribution < 1.29 is 9.15 Å². The molecule has 0 aromatic carbocycles. The predicted molar refractivity (Wildman–Crippen MR) is 61.5 cm³/mol. The van der Waals surface area contributed by atoms with Gasteiger partial charge in [-0.3, -0.25) is 0 Å². The Hall–Kier alpha value is -0.800. The Morgan fingerprint density at radius 2 is 2.31 bits per heavy atom. The lowest BCUT2D eigenvalue weighted by molar-refractivity contribution is -0.0793. The van der Waals surface area contributed by atoms with E-state index in [1.54, 1.807) is 6.26 Å². The van der Waals surface area contributed by atoms with Gasteiger partial charge in [0, 0.05) is 6.04 Å². The zero-order valence-corrected chi connectivity index (χ0v) is 9.58. The number of furan rings is 1. The summed E-state index contributed by atoms with van der Waals surface area (Å²) in [6.07, 6.45) is 6.89. The molecule has 0 saturated carbocycles. The molecule has 3 heteroatoms. The van der Waals surface area contributed by atoms with E-state index < -0.39 is 0 Å². The molecule has 2 fully saturated rings. The van der Waals surface area contributed by atoms with Crippen LogP contribution in [0.25, 0.3) is 0 Å². The Balaban J connectivity index is 1.70. The molecule has 88 valence electrons. The summed E-state index contributed by atoms with van der Waals surface area (Å²) in [6.45, 7) is 2.80. The van der Waals surface area contributed by atoms with Crippen molar-refractivity contribution in [2.24, 2.45) is 0 Å². The molecule has 0 amide bonds. The highest BCUT2D eigenvalue weighted by Crippen LogP contribution is 2.38. The van der Waals surface area contributed by atoms with Gasteiger partial charge in [0.2, 0.25) is 0 Å². The van der Waals surface area contributed by atoms with E-state index in [4.69, 9.17) is 9.15 Å². The Labute approximate surface area is 96.2 Å². The highest BCUT2D eigenvalue weighted by molar-refractivity contribution is 5.18. The van der Waals surface area contributed by atoms with Crippen LogP contribution >= 0.6 is 0 Å². The molecule has 0 radical (unpaired) electrons. The van der Waals surface area contributed by atoms with Crippen LogP contribution in [-0.4, -0.2) is 25.8 Å². The lowest BCUT2D eigenvalue weighted by atomic mass is 9.76. The van der Waals surface area contributed by atoms with Gasteiger partial charge in [-0.2, -0.15) is 0 Å². The van der Waals surface area contributed by atoms with Crippen LogP contribution in [0, 0.1) is 0 Å². The first-order valence-electron chi connectivity index (χ1n) is 6.24. The van der Waals surface area contributed by atoms with Crippen LogP contribution in [0.2, 0.25) is 0 Å². The van der Waals surface area contributed by atoms with Crippen LogP contribution in [0.3, 0.4) is 0 Å². The van der Waals surface area contributed by atoms with Crippen molar-refractivity contribution in [3.8, 4) is 0 Å². The fraction of sp³-hybridized carbons (Fsp3) is 0.692. The van der Waals surface area contributed by atoms with E-state index in [0.717, 1.165) is 25.4 Å². The molecule has 1 unspecified atom stereocenters. The van der Waals surface area contributed by atoms with E-state index in [1.807, 2.05) is 6.07 Å². The number of nitrogens with one attached hydrogen (secondary N) is 1. The molecule has 0 spiro atoms. The average molecular weight is 221 g/mol. The van der Waals surface area contributed by atoms with Crippen LogP contribution in [0.5, 0.6) is 0 Å². The Kier molecular flexibility index (Phi) is 2.74. The first-order chi connectivity index (χ1) is 7.89. The molecule has 0 aliphatic carbocycles. The van der Waals surface area contributed by atoms with E-state index in [-0.39, 0.29) is 5.41 Å². The molecule has 3 rings (SSSR count). The fourth-order valence-electron chi connectivity index (χ4n) is 2.86. The van der Waals surface area contributed by atoms with Gasteiger partial charge < -0.3 is 14.5 Å². The Bertz CT molecular complexity index is 324. The maximum atomic E-state index is 5.57. The number of ether oxygens (including phenoxy) is 1. The molecule has 1 N–H and O–H groups in total. The summed E-state index contributed by atoms with van der Waals surface area (Å²) in [4.78, 5) is 0. The third-order valence-electron chi connectivity index (χ3n) is 3.85. The van der Waals surface area contributed by atoms with Crippen LogP contribution in [0.1, 0.15) is 31.4 Å². The van der Waals surface area contributed by atoms with Gasteiger partial charge in [-0.1, -0.05) is 6.42 Å². The lowest BCUT2D eigenvalue weighted by Gasteiger charge is -2.42. The summed E-state index contributed by atoms with van der Waals surface area (Å²) < 4.78 is 11.0. The molecule has 3 nitrogen and oxygen atoms in total. The third-order valence-corrected chi connectivity index (χ3v) is 3.85. The van der Waals surface area contributed by atoms with Gasteiger partial charge in [0.25, 0.3) is 0 Å². The van der Waals surface area contributed by atoms with Gasteiger partial charge in [-0.05, 0) is 37.9 Å². The molecule has 1 aromatic heterocycles. The zero-order valence-electron chi connectivity index (χ0n) is 9.58. The minimum Gasteiger partial charge on any atom is -0.469 e. The molecule has 1 aromatic rings. The fourth-order valence-corrected chi connectivity index (χ4v) is 2.86. The van der Waals surface area contributed by atoms with Crippen LogP contribution < -0.4 is 5.32 Å². The first kappa shape index (κ1) is 10.4. The lowest BCUT2D eigenvalue weighted by Crippen LogP contribution is -2.51. The van der Waals surface area contributed by atoms with E-state index in [9.17, 15) is 0 Å². The zero-order chi connectivity index (χ0) is 10.8. The second kappa shape index (κ2) is 4.22. The molecule has 2 aliphatic rings. The number of piperidine rings is 1. The van der Waals surface area contributed by atoms with Gasteiger partial charge in [0.15, 0.2) is 0 Å². The molecule has 2 aliphatic heterocycles. The Morgan fingerprint density at radius 3 is 2.88 bits per heavy atom. The minimum atomic E-state index is 0.151. The van der Waals surface area contributed by atoms with Gasteiger partial charge in [0.05, 0.1) is 24.9 Å².